The Bertz CT molecular complexity index is 1800. The van der Waals surface area contributed by atoms with E-state index in [2.05, 4.69) is 94.7 Å². The van der Waals surface area contributed by atoms with Crippen molar-refractivity contribution >= 4 is 0 Å². The minimum atomic E-state index is -1.07. The third kappa shape index (κ3) is 8.79. The van der Waals surface area contributed by atoms with Gasteiger partial charge in [0.25, 0.3) is 0 Å². The molecule has 0 fully saturated rings. The lowest BCUT2D eigenvalue weighted by Gasteiger charge is -2.29. The standard InChI is InChI=1S/C48H40O8/c1-49-41-17-9-10-18-43(51-3)29-31-45(53-5,32-30-43)21-13-14-22-47(55-7)37-39-48(56-8,40-38-47)24-16-15-23-46(54-6)35-33-44(52-4,34-36-46)20-12-11-19-42(50-2,27-25-41)28-26-41/h25-40H,1-8H3. The Morgan fingerprint density at radius 1 is 0.196 bits per heavy atom. The molecule has 0 spiro atoms. The summed E-state index contributed by atoms with van der Waals surface area (Å²) in [6, 6.07) is 0. The van der Waals surface area contributed by atoms with Gasteiger partial charge in [-0.05, 0) is 192 Å². The van der Waals surface area contributed by atoms with Crippen molar-refractivity contribution in [3.05, 3.63) is 97.2 Å². The predicted molar refractivity (Wildman–Crippen MR) is 213 cm³/mol. The normalized spacial score (nSPS) is 36.4. The van der Waals surface area contributed by atoms with Gasteiger partial charge in [0, 0.05) is 56.9 Å². The molecule has 0 aromatic carbocycles. The molecule has 0 aliphatic heterocycles. The van der Waals surface area contributed by atoms with Gasteiger partial charge in [-0.25, -0.2) is 0 Å². The molecule has 8 bridgehead atoms. The molecule has 11 aliphatic rings. The van der Waals surface area contributed by atoms with Crippen molar-refractivity contribution in [3.63, 3.8) is 0 Å². The highest BCUT2D eigenvalue weighted by Crippen LogP contribution is 2.30. The Morgan fingerprint density at radius 2 is 0.286 bits per heavy atom. The van der Waals surface area contributed by atoms with Crippen molar-refractivity contribution in [1.29, 1.82) is 0 Å². The summed E-state index contributed by atoms with van der Waals surface area (Å²) in [5.41, 5.74) is -8.55. The highest BCUT2D eigenvalue weighted by molar-refractivity contribution is 5.54. The zero-order valence-electron chi connectivity index (χ0n) is 32.5. The molecule has 0 unspecified atom stereocenters. The van der Waals surface area contributed by atoms with E-state index >= 15 is 0 Å². The average molecular weight is 745 g/mol. The van der Waals surface area contributed by atoms with E-state index in [4.69, 9.17) is 37.9 Å². The molecule has 11 rings (SSSR count). The monoisotopic (exact) mass is 744 g/mol. The molecule has 0 heterocycles. The zero-order chi connectivity index (χ0) is 40.3. The van der Waals surface area contributed by atoms with Crippen LogP contribution in [-0.4, -0.2) is 102 Å². The highest BCUT2D eigenvalue weighted by atomic mass is 16.5. The van der Waals surface area contributed by atoms with E-state index in [1.165, 1.54) is 0 Å². The van der Waals surface area contributed by atoms with Gasteiger partial charge in [-0.2, -0.15) is 0 Å². The van der Waals surface area contributed by atoms with E-state index in [-0.39, 0.29) is 0 Å². The van der Waals surface area contributed by atoms with Crippen LogP contribution in [0.15, 0.2) is 97.2 Å². The maximum Gasteiger partial charge on any atom is 0.166 e. The first kappa shape index (κ1) is 41.2. The molecule has 0 atom stereocenters. The Morgan fingerprint density at radius 3 is 0.357 bits per heavy atom. The molecule has 0 saturated carbocycles. The lowest BCUT2D eigenvalue weighted by Crippen LogP contribution is -2.35. The smallest absolute Gasteiger partial charge is 0.166 e. The van der Waals surface area contributed by atoms with Crippen LogP contribution in [0.2, 0.25) is 0 Å². The largest absolute Gasteiger partial charge is 0.358 e. The van der Waals surface area contributed by atoms with Gasteiger partial charge in [0.05, 0.1) is 0 Å². The van der Waals surface area contributed by atoms with E-state index in [1.54, 1.807) is 154 Å². The predicted octanol–water partition coefficient (Wildman–Crippen LogP) is 3.61. The van der Waals surface area contributed by atoms with Crippen molar-refractivity contribution in [1.82, 2.24) is 0 Å². The number of hydrogen-bond donors (Lipinski definition) is 0. The summed E-state index contributed by atoms with van der Waals surface area (Å²) in [6.07, 6.45) is 28.2. The van der Waals surface area contributed by atoms with E-state index in [0.717, 1.165) is 0 Å². The number of methoxy groups -OCH3 is 8. The Balaban J connectivity index is 1.57. The van der Waals surface area contributed by atoms with Crippen LogP contribution >= 0.6 is 0 Å². The molecule has 0 amide bonds. The average Bonchev–Trinajstić information content (AvgIpc) is 3.26. The summed E-state index contributed by atoms with van der Waals surface area (Å²) in [6.45, 7) is 0. The summed E-state index contributed by atoms with van der Waals surface area (Å²) in [5.74, 6) is 47.8. The molecule has 56 heavy (non-hydrogen) atoms. The molecule has 0 aromatic heterocycles. The summed E-state index contributed by atoms with van der Waals surface area (Å²) in [7, 11) is 12.4. The lowest BCUT2D eigenvalue weighted by molar-refractivity contribution is 0.0950. The van der Waals surface area contributed by atoms with Gasteiger partial charge in [0.15, 0.2) is 44.8 Å². The first-order chi connectivity index (χ1) is 27.0. The summed E-state index contributed by atoms with van der Waals surface area (Å²) in [4.78, 5) is 0. The minimum absolute atomic E-state index is 1.07. The lowest BCUT2D eigenvalue weighted by atomic mass is 9.88. The van der Waals surface area contributed by atoms with E-state index in [1.807, 2.05) is 0 Å². The minimum Gasteiger partial charge on any atom is -0.358 e. The molecule has 0 saturated heterocycles. The number of hydrogen-bond acceptors (Lipinski definition) is 8. The van der Waals surface area contributed by atoms with Crippen molar-refractivity contribution in [2.24, 2.45) is 0 Å². The summed E-state index contributed by atoms with van der Waals surface area (Å²) >= 11 is 0. The highest BCUT2D eigenvalue weighted by Gasteiger charge is 2.35. The van der Waals surface area contributed by atoms with Gasteiger partial charge < -0.3 is 37.9 Å². The van der Waals surface area contributed by atoms with Gasteiger partial charge in [-0.3, -0.25) is 0 Å². The van der Waals surface area contributed by atoms with Gasteiger partial charge in [-0.1, -0.05) is 0 Å². The topological polar surface area (TPSA) is 73.8 Å². The van der Waals surface area contributed by atoms with Crippen molar-refractivity contribution in [2.45, 2.75) is 44.8 Å². The van der Waals surface area contributed by atoms with Crippen molar-refractivity contribution in [2.75, 3.05) is 56.9 Å². The fraction of sp³-hybridized carbons (Fsp3) is 0.333. The maximum absolute atomic E-state index is 5.77. The zero-order valence-corrected chi connectivity index (χ0v) is 32.5. The van der Waals surface area contributed by atoms with Crippen LogP contribution in [0.5, 0.6) is 0 Å². The van der Waals surface area contributed by atoms with E-state index in [9.17, 15) is 0 Å². The molecule has 0 radical (unpaired) electrons. The first-order valence-electron chi connectivity index (χ1n) is 17.2. The van der Waals surface area contributed by atoms with Crippen LogP contribution in [0.25, 0.3) is 0 Å². The van der Waals surface area contributed by atoms with Gasteiger partial charge in [0.2, 0.25) is 0 Å². The molecule has 8 heteroatoms. The molecular formula is C48H40O8. The third-order valence-corrected chi connectivity index (χ3v) is 9.64. The van der Waals surface area contributed by atoms with Crippen LogP contribution in [-0.2, 0) is 37.9 Å². The Kier molecular flexibility index (Phi) is 12.4. The molecule has 0 aromatic rings. The summed E-state index contributed by atoms with van der Waals surface area (Å²) < 4.78 is 46.1. The first-order valence-corrected chi connectivity index (χ1v) is 17.2. The van der Waals surface area contributed by atoms with Crippen LogP contribution in [0.1, 0.15) is 0 Å². The second kappa shape index (κ2) is 16.8. The van der Waals surface area contributed by atoms with Crippen molar-refractivity contribution in [3.8, 4) is 94.7 Å². The quantitative estimate of drug-likeness (QED) is 0.276. The number of rotatable bonds is 8. The third-order valence-electron chi connectivity index (χ3n) is 9.64. The molecule has 8 nitrogen and oxygen atoms in total. The van der Waals surface area contributed by atoms with Crippen LogP contribution in [0, 0.1) is 94.7 Å². The Hall–Kier alpha value is -5.92. The SMILES string of the molecule is COC12C#CC#CC3(OC)C=CC(OC)(C#CC#CC4(OC)C=CC(OC)(C#CC#CC5(OC)C=CC(OC)(C#CC#CC(OC)(C=C1)C=C2)C=C5)C=C4)C=C3. The second-order valence-electron chi connectivity index (χ2n) is 12.6. The van der Waals surface area contributed by atoms with Gasteiger partial charge in [-0.15, -0.1) is 0 Å². The Labute approximate surface area is 330 Å². The molecule has 280 valence electrons. The summed E-state index contributed by atoms with van der Waals surface area (Å²) in [5, 5.41) is 0. The van der Waals surface area contributed by atoms with Crippen LogP contribution < -0.4 is 0 Å². The molecule has 0 N–H and O–H groups in total. The van der Waals surface area contributed by atoms with E-state index < -0.39 is 44.8 Å². The van der Waals surface area contributed by atoms with Crippen LogP contribution in [0.4, 0.5) is 0 Å². The van der Waals surface area contributed by atoms with Crippen LogP contribution in [0.3, 0.4) is 0 Å². The van der Waals surface area contributed by atoms with Gasteiger partial charge in [0.1, 0.15) is 0 Å². The molecular weight excluding hydrogens is 705 g/mol. The fourth-order valence-electron chi connectivity index (χ4n) is 5.62. The second-order valence-corrected chi connectivity index (χ2v) is 12.6. The maximum atomic E-state index is 5.77. The van der Waals surface area contributed by atoms with Crippen molar-refractivity contribution < 1.29 is 37.9 Å². The number of ether oxygens (including phenoxy) is 8. The molecule has 11 aliphatic carbocycles. The van der Waals surface area contributed by atoms with E-state index in [0.29, 0.717) is 0 Å². The van der Waals surface area contributed by atoms with Gasteiger partial charge >= 0.3 is 0 Å². The fourth-order valence-corrected chi connectivity index (χ4v) is 5.62.